The quantitative estimate of drug-likeness (QED) is 0.513. The second-order valence-electron chi connectivity index (χ2n) is 6.30. The number of aliphatic imine (C=N–C) groups is 1. The molecule has 3 N–H and O–H groups in total. The Balaban J connectivity index is 1.51. The van der Waals surface area contributed by atoms with Gasteiger partial charge in [0.1, 0.15) is 0 Å². The molecule has 0 bridgehead atoms. The van der Waals surface area contributed by atoms with Gasteiger partial charge in [-0.1, -0.05) is 42.5 Å². The van der Waals surface area contributed by atoms with Gasteiger partial charge < -0.3 is 10.6 Å². The highest BCUT2D eigenvalue weighted by molar-refractivity contribution is 7.89. The highest BCUT2D eigenvalue weighted by Gasteiger charge is 2.27. The number of hydrogen-bond acceptors (Lipinski definition) is 3. The maximum Gasteiger partial charge on any atom is 0.240 e. The fourth-order valence-electron chi connectivity index (χ4n) is 2.46. The molecular formula is C19H24N4O2S. The largest absolute Gasteiger partial charge is 0.352 e. The second-order valence-corrected chi connectivity index (χ2v) is 8.02. The van der Waals surface area contributed by atoms with E-state index in [0.29, 0.717) is 23.9 Å². The molecular weight excluding hydrogens is 348 g/mol. The Hall–Kier alpha value is -2.38. The Morgan fingerprint density at radius 2 is 1.54 bits per heavy atom. The summed E-state index contributed by atoms with van der Waals surface area (Å²) in [6, 6.07) is 17.1. The lowest BCUT2D eigenvalue weighted by atomic mass is 10.2. The first-order chi connectivity index (χ1) is 12.6. The highest BCUT2D eigenvalue weighted by Crippen LogP contribution is 2.22. The zero-order chi connectivity index (χ0) is 18.4. The van der Waals surface area contributed by atoms with Gasteiger partial charge in [0.15, 0.2) is 5.96 Å². The molecule has 1 aliphatic carbocycles. The molecule has 7 heteroatoms. The molecule has 0 atom stereocenters. The molecule has 1 aliphatic rings. The number of hydrogen-bond donors (Lipinski definition) is 3. The lowest BCUT2D eigenvalue weighted by molar-refractivity contribution is 0.581. The van der Waals surface area contributed by atoms with Crippen molar-refractivity contribution in [3.8, 4) is 0 Å². The second kappa shape index (κ2) is 8.33. The number of nitrogens with zero attached hydrogens (tertiary/aromatic N) is 1. The topological polar surface area (TPSA) is 82.6 Å². The van der Waals surface area contributed by atoms with E-state index >= 15 is 0 Å². The van der Waals surface area contributed by atoms with Crippen molar-refractivity contribution >= 4 is 16.0 Å². The standard InChI is InChI=1S/C19H24N4O2S/c1-20-19(21-13-15-5-3-2-4-6-15)22-14-16-7-11-18(12-8-16)26(24,25)23-17-9-10-17/h2-8,11-12,17,23H,9-10,13-14H2,1H3,(H2,20,21,22). The third-order valence-electron chi connectivity index (χ3n) is 4.12. The van der Waals surface area contributed by atoms with E-state index in [0.717, 1.165) is 18.4 Å². The van der Waals surface area contributed by atoms with E-state index in [1.165, 1.54) is 5.56 Å². The fraction of sp³-hybridized carbons (Fsp3) is 0.316. The van der Waals surface area contributed by atoms with E-state index in [9.17, 15) is 8.42 Å². The lowest BCUT2D eigenvalue weighted by Crippen LogP contribution is -2.36. The molecule has 0 heterocycles. The average Bonchev–Trinajstić information content (AvgIpc) is 3.46. The molecule has 3 rings (SSSR count). The third kappa shape index (κ3) is 5.31. The lowest BCUT2D eigenvalue weighted by Gasteiger charge is -2.12. The van der Waals surface area contributed by atoms with Crippen molar-refractivity contribution in [2.24, 2.45) is 4.99 Å². The minimum absolute atomic E-state index is 0.111. The van der Waals surface area contributed by atoms with Gasteiger partial charge in [-0.2, -0.15) is 0 Å². The molecule has 0 saturated heterocycles. The van der Waals surface area contributed by atoms with E-state index in [1.54, 1.807) is 19.2 Å². The minimum atomic E-state index is -3.40. The summed E-state index contributed by atoms with van der Waals surface area (Å²) in [5.41, 5.74) is 2.16. The van der Waals surface area contributed by atoms with Crippen molar-refractivity contribution in [3.05, 3.63) is 65.7 Å². The first-order valence-electron chi connectivity index (χ1n) is 8.66. The molecule has 2 aromatic carbocycles. The van der Waals surface area contributed by atoms with Crippen molar-refractivity contribution in [3.63, 3.8) is 0 Å². The molecule has 2 aromatic rings. The summed E-state index contributed by atoms with van der Waals surface area (Å²) in [4.78, 5) is 4.51. The van der Waals surface area contributed by atoms with Crippen molar-refractivity contribution < 1.29 is 8.42 Å². The normalized spacial score (nSPS) is 14.9. The van der Waals surface area contributed by atoms with Crippen LogP contribution in [0.4, 0.5) is 0 Å². The summed E-state index contributed by atoms with van der Waals surface area (Å²) in [6.07, 6.45) is 1.85. The maximum atomic E-state index is 12.2. The van der Waals surface area contributed by atoms with Gasteiger partial charge in [0.25, 0.3) is 0 Å². The SMILES string of the molecule is CN=C(NCc1ccccc1)NCc1ccc(S(=O)(=O)NC2CC2)cc1. The predicted octanol–water partition coefficient (Wildman–Crippen LogP) is 1.99. The molecule has 0 spiro atoms. The van der Waals surface area contributed by atoms with Gasteiger partial charge in [0.2, 0.25) is 10.0 Å². The average molecular weight is 372 g/mol. The molecule has 26 heavy (non-hydrogen) atoms. The maximum absolute atomic E-state index is 12.2. The number of guanidine groups is 1. The monoisotopic (exact) mass is 372 g/mol. The van der Waals surface area contributed by atoms with Crippen LogP contribution in [0.25, 0.3) is 0 Å². The highest BCUT2D eigenvalue weighted by atomic mass is 32.2. The van der Waals surface area contributed by atoms with Gasteiger partial charge in [-0.05, 0) is 36.1 Å². The van der Waals surface area contributed by atoms with E-state index < -0.39 is 10.0 Å². The zero-order valence-electron chi connectivity index (χ0n) is 14.8. The van der Waals surface area contributed by atoms with Crippen LogP contribution in [0.2, 0.25) is 0 Å². The predicted molar refractivity (Wildman–Crippen MR) is 103 cm³/mol. The van der Waals surface area contributed by atoms with Crippen molar-refractivity contribution in [2.75, 3.05) is 7.05 Å². The zero-order valence-corrected chi connectivity index (χ0v) is 15.6. The molecule has 1 saturated carbocycles. The van der Waals surface area contributed by atoms with E-state index in [2.05, 4.69) is 32.5 Å². The van der Waals surface area contributed by atoms with E-state index in [-0.39, 0.29) is 6.04 Å². The first-order valence-corrected chi connectivity index (χ1v) is 10.1. The van der Waals surface area contributed by atoms with Crippen molar-refractivity contribution in [1.29, 1.82) is 0 Å². The van der Waals surface area contributed by atoms with Gasteiger partial charge in [-0.15, -0.1) is 0 Å². The van der Waals surface area contributed by atoms with Crippen LogP contribution in [-0.4, -0.2) is 27.5 Å². The Kier molecular flexibility index (Phi) is 5.90. The van der Waals surface area contributed by atoms with Crippen LogP contribution in [0.15, 0.2) is 64.5 Å². The van der Waals surface area contributed by atoms with Crippen LogP contribution in [0, 0.1) is 0 Å². The van der Waals surface area contributed by atoms with E-state index in [4.69, 9.17) is 0 Å². The Bertz CT molecular complexity index is 845. The van der Waals surface area contributed by atoms with Crippen molar-refractivity contribution in [1.82, 2.24) is 15.4 Å². The number of benzene rings is 2. The summed E-state index contributed by atoms with van der Waals surface area (Å²) in [5.74, 6) is 0.695. The van der Waals surface area contributed by atoms with Crippen LogP contribution >= 0.6 is 0 Å². The summed E-state index contributed by atoms with van der Waals surface area (Å²) in [7, 11) is -1.67. The van der Waals surface area contributed by atoms with Crippen LogP contribution < -0.4 is 15.4 Å². The summed E-state index contributed by atoms with van der Waals surface area (Å²) >= 11 is 0. The summed E-state index contributed by atoms with van der Waals surface area (Å²) in [5, 5.41) is 6.48. The third-order valence-corrected chi connectivity index (χ3v) is 5.66. The molecule has 0 radical (unpaired) electrons. The van der Waals surface area contributed by atoms with Gasteiger partial charge in [-0.3, -0.25) is 4.99 Å². The number of rotatable bonds is 7. The molecule has 0 aromatic heterocycles. The Labute approximate surface area is 154 Å². The molecule has 0 aliphatic heterocycles. The van der Waals surface area contributed by atoms with Crippen LogP contribution in [0.1, 0.15) is 24.0 Å². The number of nitrogens with one attached hydrogen (secondary N) is 3. The molecule has 1 fully saturated rings. The molecule has 0 unspecified atom stereocenters. The first kappa shape index (κ1) is 18.4. The fourth-order valence-corrected chi connectivity index (χ4v) is 3.77. The van der Waals surface area contributed by atoms with Gasteiger partial charge >= 0.3 is 0 Å². The van der Waals surface area contributed by atoms with Gasteiger partial charge in [0.05, 0.1) is 4.90 Å². The molecule has 6 nitrogen and oxygen atoms in total. The van der Waals surface area contributed by atoms with Crippen LogP contribution in [-0.2, 0) is 23.1 Å². The van der Waals surface area contributed by atoms with Crippen molar-refractivity contribution in [2.45, 2.75) is 36.9 Å². The minimum Gasteiger partial charge on any atom is -0.352 e. The summed E-state index contributed by atoms with van der Waals surface area (Å²) < 4.78 is 27.0. The van der Waals surface area contributed by atoms with E-state index in [1.807, 2.05) is 30.3 Å². The Morgan fingerprint density at radius 3 is 2.08 bits per heavy atom. The molecule has 0 amide bonds. The van der Waals surface area contributed by atoms with Crippen LogP contribution in [0.5, 0.6) is 0 Å². The smallest absolute Gasteiger partial charge is 0.240 e. The molecule has 138 valence electrons. The van der Waals surface area contributed by atoms with Crippen LogP contribution in [0.3, 0.4) is 0 Å². The number of sulfonamides is 1. The summed E-state index contributed by atoms with van der Waals surface area (Å²) in [6.45, 7) is 1.25. The van der Waals surface area contributed by atoms with Gasteiger partial charge in [0, 0.05) is 26.2 Å². The van der Waals surface area contributed by atoms with Gasteiger partial charge in [-0.25, -0.2) is 13.1 Å². The Morgan fingerprint density at radius 1 is 0.962 bits per heavy atom.